The average Bonchev–Trinajstić information content (AvgIpc) is 2.80. The van der Waals surface area contributed by atoms with Crippen molar-refractivity contribution in [1.82, 2.24) is 5.06 Å². The summed E-state index contributed by atoms with van der Waals surface area (Å²) in [4.78, 5) is 29.3. The van der Waals surface area contributed by atoms with E-state index in [1.165, 1.54) is 0 Å². The molecular formula is C15H20NO6P. The van der Waals surface area contributed by atoms with Crippen LogP contribution in [0.25, 0.3) is 0 Å². The van der Waals surface area contributed by atoms with E-state index < -0.39 is 19.4 Å². The predicted octanol–water partition coefficient (Wildman–Crippen LogP) is 2.87. The van der Waals surface area contributed by atoms with Gasteiger partial charge in [0.2, 0.25) is 0 Å². The van der Waals surface area contributed by atoms with Gasteiger partial charge in [0.05, 0.1) is 30.9 Å². The standard InChI is InChI=1S/C15H20NO6P/c1-3-21-23(19,4-2)22-11-7-10-20-16-14(17)12-8-5-6-9-13(12)15(16)18/h5-6,8-9H,3-4,7,10-11H2,1-2H3. The minimum absolute atomic E-state index is 0.0985. The maximum atomic E-state index is 12.1. The van der Waals surface area contributed by atoms with Crippen LogP contribution in [0.2, 0.25) is 0 Å². The smallest absolute Gasteiger partial charge is 0.309 e. The summed E-state index contributed by atoms with van der Waals surface area (Å²) in [6.45, 7) is 4.05. The Labute approximate surface area is 135 Å². The van der Waals surface area contributed by atoms with Crippen LogP contribution in [0.3, 0.4) is 0 Å². The molecule has 1 aliphatic heterocycles. The van der Waals surface area contributed by atoms with Crippen molar-refractivity contribution in [2.24, 2.45) is 0 Å². The predicted molar refractivity (Wildman–Crippen MR) is 83.2 cm³/mol. The molecule has 1 atom stereocenters. The van der Waals surface area contributed by atoms with Crippen LogP contribution in [0.5, 0.6) is 0 Å². The molecule has 126 valence electrons. The van der Waals surface area contributed by atoms with E-state index in [4.69, 9.17) is 13.9 Å². The first kappa shape index (κ1) is 17.8. The molecule has 1 aliphatic rings. The lowest BCUT2D eigenvalue weighted by atomic mass is 10.1. The number of carbonyl (C=O) groups excluding carboxylic acids is 2. The van der Waals surface area contributed by atoms with Crippen LogP contribution < -0.4 is 0 Å². The number of carbonyl (C=O) groups is 2. The van der Waals surface area contributed by atoms with Crippen LogP contribution in [-0.4, -0.2) is 42.9 Å². The Kier molecular flexibility index (Phi) is 6.07. The van der Waals surface area contributed by atoms with E-state index >= 15 is 0 Å². The molecule has 0 fully saturated rings. The SMILES string of the molecule is CCOP(=O)(CC)OCCCON1C(=O)c2ccccc2C1=O. The topological polar surface area (TPSA) is 82.1 Å². The zero-order valence-corrected chi connectivity index (χ0v) is 14.1. The van der Waals surface area contributed by atoms with E-state index in [1.54, 1.807) is 38.1 Å². The number of rotatable bonds is 9. The first-order chi connectivity index (χ1) is 11.0. The molecule has 0 aliphatic carbocycles. The summed E-state index contributed by atoms with van der Waals surface area (Å²) < 4.78 is 22.4. The second kappa shape index (κ2) is 7.84. The molecule has 1 heterocycles. The maximum Gasteiger partial charge on any atom is 0.330 e. The quantitative estimate of drug-likeness (QED) is 0.390. The molecule has 1 aromatic rings. The van der Waals surface area contributed by atoms with Crippen LogP contribution >= 0.6 is 7.60 Å². The maximum absolute atomic E-state index is 12.1. The number of amides is 2. The van der Waals surface area contributed by atoms with Gasteiger partial charge >= 0.3 is 7.60 Å². The highest BCUT2D eigenvalue weighted by atomic mass is 31.2. The fourth-order valence-electron chi connectivity index (χ4n) is 2.12. The Morgan fingerprint density at radius 2 is 1.61 bits per heavy atom. The second-order valence-electron chi connectivity index (χ2n) is 4.82. The zero-order chi connectivity index (χ0) is 16.9. The van der Waals surface area contributed by atoms with Crippen molar-refractivity contribution in [3.63, 3.8) is 0 Å². The number of nitrogens with zero attached hydrogens (tertiary/aromatic N) is 1. The summed E-state index contributed by atoms with van der Waals surface area (Å²) in [5, 5.41) is 0.757. The third-order valence-electron chi connectivity index (χ3n) is 3.27. The van der Waals surface area contributed by atoms with Gasteiger partial charge < -0.3 is 9.05 Å². The average molecular weight is 341 g/mol. The fraction of sp³-hybridized carbons (Fsp3) is 0.467. The molecule has 0 saturated carbocycles. The molecule has 0 N–H and O–H groups in total. The van der Waals surface area contributed by atoms with Crippen LogP contribution in [0.15, 0.2) is 24.3 Å². The highest BCUT2D eigenvalue weighted by Gasteiger charge is 2.36. The molecule has 1 aromatic carbocycles. The summed E-state index contributed by atoms with van der Waals surface area (Å²) in [7, 11) is -3.04. The first-order valence-corrected chi connectivity index (χ1v) is 9.24. The second-order valence-corrected chi connectivity index (χ2v) is 7.19. The van der Waals surface area contributed by atoms with Crippen molar-refractivity contribution in [3.05, 3.63) is 35.4 Å². The van der Waals surface area contributed by atoms with Gasteiger partial charge in [-0.15, -0.1) is 5.06 Å². The van der Waals surface area contributed by atoms with E-state index in [1.807, 2.05) is 0 Å². The van der Waals surface area contributed by atoms with E-state index in [2.05, 4.69) is 0 Å². The van der Waals surface area contributed by atoms with Crippen molar-refractivity contribution in [1.29, 1.82) is 0 Å². The molecule has 1 unspecified atom stereocenters. The molecule has 0 saturated heterocycles. The van der Waals surface area contributed by atoms with Gasteiger partial charge in [-0.1, -0.05) is 19.1 Å². The van der Waals surface area contributed by atoms with Crippen LogP contribution in [-0.2, 0) is 18.5 Å². The number of benzene rings is 1. The summed E-state index contributed by atoms with van der Waals surface area (Å²) >= 11 is 0. The Hall–Kier alpha value is -1.53. The van der Waals surface area contributed by atoms with Crippen molar-refractivity contribution in [2.45, 2.75) is 20.3 Å². The van der Waals surface area contributed by atoms with Gasteiger partial charge in [-0.25, -0.2) is 0 Å². The van der Waals surface area contributed by atoms with Gasteiger partial charge in [0.25, 0.3) is 11.8 Å². The third-order valence-corrected chi connectivity index (χ3v) is 5.27. The number of fused-ring (bicyclic) bond motifs is 1. The highest BCUT2D eigenvalue weighted by Crippen LogP contribution is 2.47. The Bertz CT molecular complexity index is 597. The summed E-state index contributed by atoms with van der Waals surface area (Å²) in [5.41, 5.74) is 0.668. The van der Waals surface area contributed by atoms with Gasteiger partial charge in [-0.3, -0.25) is 19.0 Å². The molecule has 0 bridgehead atoms. The zero-order valence-electron chi connectivity index (χ0n) is 13.2. The minimum atomic E-state index is -3.04. The number of hydroxylamine groups is 2. The molecule has 0 radical (unpaired) electrons. The van der Waals surface area contributed by atoms with Crippen molar-refractivity contribution in [2.75, 3.05) is 26.0 Å². The molecule has 23 heavy (non-hydrogen) atoms. The number of imide groups is 1. The van der Waals surface area contributed by atoms with Gasteiger partial charge in [0, 0.05) is 6.16 Å². The third kappa shape index (κ3) is 4.06. The summed E-state index contributed by atoms with van der Waals surface area (Å²) in [6.07, 6.45) is 0.671. The molecule has 7 nitrogen and oxygen atoms in total. The van der Waals surface area contributed by atoms with Crippen LogP contribution in [0, 0.1) is 0 Å². The van der Waals surface area contributed by atoms with E-state index in [0.717, 1.165) is 5.06 Å². The molecule has 0 spiro atoms. The highest BCUT2D eigenvalue weighted by molar-refractivity contribution is 7.53. The molecule has 2 amide bonds. The normalized spacial score (nSPS) is 16.5. The lowest BCUT2D eigenvalue weighted by Gasteiger charge is -2.17. The Morgan fingerprint density at radius 1 is 1.00 bits per heavy atom. The molecule has 2 rings (SSSR count). The largest absolute Gasteiger partial charge is 0.330 e. The molecule has 8 heteroatoms. The van der Waals surface area contributed by atoms with Crippen molar-refractivity contribution >= 4 is 19.4 Å². The summed E-state index contributed by atoms with van der Waals surface area (Å²) in [5.74, 6) is -0.944. The van der Waals surface area contributed by atoms with Gasteiger partial charge in [0.1, 0.15) is 0 Å². The van der Waals surface area contributed by atoms with Gasteiger partial charge in [-0.05, 0) is 25.5 Å². The minimum Gasteiger partial charge on any atom is -0.309 e. The van der Waals surface area contributed by atoms with E-state index in [-0.39, 0.29) is 13.2 Å². The monoisotopic (exact) mass is 341 g/mol. The fourth-order valence-corrected chi connectivity index (χ4v) is 3.36. The van der Waals surface area contributed by atoms with Crippen molar-refractivity contribution in [3.8, 4) is 0 Å². The first-order valence-electron chi connectivity index (χ1n) is 7.51. The number of hydrogen-bond acceptors (Lipinski definition) is 6. The lowest BCUT2D eigenvalue weighted by Crippen LogP contribution is -2.30. The molecular weight excluding hydrogens is 321 g/mol. The molecule has 0 aromatic heterocycles. The number of hydrogen-bond donors (Lipinski definition) is 0. The Balaban J connectivity index is 1.79. The van der Waals surface area contributed by atoms with E-state index in [9.17, 15) is 14.2 Å². The van der Waals surface area contributed by atoms with Gasteiger partial charge in [0.15, 0.2) is 0 Å². The summed E-state index contributed by atoms with van der Waals surface area (Å²) in [6, 6.07) is 6.55. The van der Waals surface area contributed by atoms with Gasteiger partial charge in [-0.2, -0.15) is 0 Å². The van der Waals surface area contributed by atoms with Crippen molar-refractivity contribution < 1.29 is 28.0 Å². The van der Waals surface area contributed by atoms with Crippen LogP contribution in [0.4, 0.5) is 0 Å². The Morgan fingerprint density at radius 3 is 2.13 bits per heavy atom. The van der Waals surface area contributed by atoms with E-state index in [0.29, 0.717) is 30.3 Å². The lowest BCUT2D eigenvalue weighted by molar-refractivity contribution is -0.0937. The van der Waals surface area contributed by atoms with Crippen LogP contribution in [0.1, 0.15) is 41.0 Å².